The van der Waals surface area contributed by atoms with Gasteiger partial charge in [-0.15, -0.1) is 0 Å². The van der Waals surface area contributed by atoms with Crippen LogP contribution in [-0.4, -0.2) is 26.9 Å². The molecule has 7 heteroatoms. The van der Waals surface area contributed by atoms with Gasteiger partial charge in [0.1, 0.15) is 5.82 Å². The van der Waals surface area contributed by atoms with Crippen molar-refractivity contribution in [2.24, 2.45) is 0 Å². The maximum atomic E-state index is 12.7. The zero-order valence-corrected chi connectivity index (χ0v) is 19.9. The first-order valence-corrected chi connectivity index (χ1v) is 12.5. The van der Waals surface area contributed by atoms with Crippen molar-refractivity contribution >= 4 is 28.2 Å². The van der Waals surface area contributed by atoms with Crippen LogP contribution in [0.25, 0.3) is 21.7 Å². The molecule has 0 aliphatic heterocycles. The Morgan fingerprint density at radius 2 is 1.88 bits per heavy atom. The SMILES string of the molecule is Cc1cccc(-c2nc(NC(=O)c3cccnc3)sc2-c2ccnc(NC3CCCCC3)c2)c1. The molecule has 3 heterocycles. The average Bonchev–Trinajstić information content (AvgIpc) is 3.29. The molecule has 0 saturated heterocycles. The first-order valence-electron chi connectivity index (χ1n) is 11.7. The Hall–Kier alpha value is -3.58. The van der Waals surface area contributed by atoms with Crippen molar-refractivity contribution in [3.05, 3.63) is 78.2 Å². The average molecular weight is 470 g/mol. The van der Waals surface area contributed by atoms with E-state index in [4.69, 9.17) is 4.98 Å². The molecule has 1 aromatic carbocycles. The molecule has 0 atom stereocenters. The Balaban J connectivity index is 1.49. The lowest BCUT2D eigenvalue weighted by atomic mass is 9.95. The van der Waals surface area contributed by atoms with Gasteiger partial charge in [0.2, 0.25) is 0 Å². The monoisotopic (exact) mass is 469 g/mol. The van der Waals surface area contributed by atoms with Crippen LogP contribution in [0.5, 0.6) is 0 Å². The Morgan fingerprint density at radius 1 is 1.00 bits per heavy atom. The lowest BCUT2D eigenvalue weighted by Crippen LogP contribution is -2.22. The highest BCUT2D eigenvalue weighted by atomic mass is 32.1. The molecule has 0 spiro atoms. The second-order valence-corrected chi connectivity index (χ2v) is 9.67. The summed E-state index contributed by atoms with van der Waals surface area (Å²) in [5.74, 6) is 0.660. The number of benzene rings is 1. The molecule has 172 valence electrons. The molecule has 3 aromatic heterocycles. The minimum Gasteiger partial charge on any atom is -0.367 e. The van der Waals surface area contributed by atoms with Crippen LogP contribution >= 0.6 is 11.3 Å². The molecular formula is C27H27N5OS. The second kappa shape index (κ2) is 10.1. The lowest BCUT2D eigenvalue weighted by molar-refractivity contribution is 0.102. The zero-order valence-electron chi connectivity index (χ0n) is 19.1. The number of amides is 1. The molecule has 34 heavy (non-hydrogen) atoms. The summed E-state index contributed by atoms with van der Waals surface area (Å²) in [6.07, 6.45) is 11.3. The van der Waals surface area contributed by atoms with E-state index in [1.165, 1.54) is 43.4 Å². The Bertz CT molecular complexity index is 1280. The molecule has 2 N–H and O–H groups in total. The predicted molar refractivity (Wildman–Crippen MR) is 138 cm³/mol. The number of aromatic nitrogens is 3. The Kier molecular flexibility index (Phi) is 6.62. The number of anilines is 2. The summed E-state index contributed by atoms with van der Waals surface area (Å²) < 4.78 is 0. The van der Waals surface area contributed by atoms with E-state index < -0.39 is 0 Å². The molecule has 6 nitrogen and oxygen atoms in total. The molecule has 5 rings (SSSR count). The first kappa shape index (κ1) is 22.2. The topological polar surface area (TPSA) is 79.8 Å². The molecule has 0 bridgehead atoms. The van der Waals surface area contributed by atoms with Crippen LogP contribution in [0.4, 0.5) is 10.9 Å². The van der Waals surface area contributed by atoms with E-state index in [1.54, 1.807) is 24.5 Å². The third kappa shape index (κ3) is 5.15. The van der Waals surface area contributed by atoms with Crippen LogP contribution in [0.1, 0.15) is 48.0 Å². The van der Waals surface area contributed by atoms with Crippen molar-refractivity contribution in [1.82, 2.24) is 15.0 Å². The van der Waals surface area contributed by atoms with Gasteiger partial charge in [-0.05, 0) is 55.7 Å². The third-order valence-electron chi connectivity index (χ3n) is 6.04. The van der Waals surface area contributed by atoms with Gasteiger partial charge in [0.05, 0.1) is 16.1 Å². The molecule has 1 aliphatic rings. The van der Waals surface area contributed by atoms with Gasteiger partial charge in [-0.1, -0.05) is 54.4 Å². The number of nitrogens with zero attached hydrogens (tertiary/aromatic N) is 3. The number of rotatable bonds is 6. The summed E-state index contributed by atoms with van der Waals surface area (Å²) in [6, 6.07) is 16.3. The minimum atomic E-state index is -0.224. The summed E-state index contributed by atoms with van der Waals surface area (Å²) in [5, 5.41) is 7.12. The smallest absolute Gasteiger partial charge is 0.259 e. The van der Waals surface area contributed by atoms with E-state index in [9.17, 15) is 4.79 Å². The number of hydrogen-bond acceptors (Lipinski definition) is 6. The van der Waals surface area contributed by atoms with Gasteiger partial charge >= 0.3 is 0 Å². The quantitative estimate of drug-likeness (QED) is 0.334. The van der Waals surface area contributed by atoms with Gasteiger partial charge in [-0.25, -0.2) is 9.97 Å². The van der Waals surface area contributed by atoms with Gasteiger partial charge < -0.3 is 5.32 Å². The van der Waals surface area contributed by atoms with E-state index in [1.807, 2.05) is 18.3 Å². The van der Waals surface area contributed by atoms with Crippen LogP contribution < -0.4 is 10.6 Å². The highest BCUT2D eigenvalue weighted by molar-refractivity contribution is 7.19. The van der Waals surface area contributed by atoms with Crippen LogP contribution in [-0.2, 0) is 0 Å². The van der Waals surface area contributed by atoms with Gasteiger partial charge in [-0.2, -0.15) is 0 Å². The highest BCUT2D eigenvalue weighted by Crippen LogP contribution is 2.40. The lowest BCUT2D eigenvalue weighted by Gasteiger charge is -2.23. The number of carbonyl (C=O) groups is 1. The van der Waals surface area contributed by atoms with Crippen LogP contribution in [0.3, 0.4) is 0 Å². The zero-order chi connectivity index (χ0) is 23.3. The van der Waals surface area contributed by atoms with E-state index in [-0.39, 0.29) is 5.91 Å². The van der Waals surface area contributed by atoms with Crippen molar-refractivity contribution in [3.63, 3.8) is 0 Å². The molecule has 1 aliphatic carbocycles. The standard InChI is InChI=1S/C27H27N5OS/c1-18-7-5-8-19(15-18)24-25(34-27(31-24)32-26(33)21-9-6-13-28-17-21)20-12-14-29-23(16-20)30-22-10-3-2-4-11-22/h5-9,12-17,22H,2-4,10-11H2,1H3,(H,29,30)(H,31,32,33). The number of pyridine rings is 2. The molecule has 1 saturated carbocycles. The summed E-state index contributed by atoms with van der Waals surface area (Å²) in [4.78, 5) is 27.2. The maximum Gasteiger partial charge on any atom is 0.259 e. The summed E-state index contributed by atoms with van der Waals surface area (Å²) in [5.41, 5.74) is 4.56. The molecule has 1 fully saturated rings. The van der Waals surface area contributed by atoms with Gasteiger partial charge in [0.15, 0.2) is 5.13 Å². The normalized spacial score (nSPS) is 14.0. The molecule has 0 unspecified atom stereocenters. The van der Waals surface area contributed by atoms with Crippen molar-refractivity contribution in [3.8, 4) is 21.7 Å². The van der Waals surface area contributed by atoms with Gasteiger partial charge in [0.25, 0.3) is 5.91 Å². The van der Waals surface area contributed by atoms with Crippen molar-refractivity contribution in [1.29, 1.82) is 0 Å². The summed E-state index contributed by atoms with van der Waals surface area (Å²) >= 11 is 1.47. The Labute approximate surface area is 203 Å². The van der Waals surface area contributed by atoms with Crippen LogP contribution in [0.15, 0.2) is 67.1 Å². The van der Waals surface area contributed by atoms with Crippen LogP contribution in [0.2, 0.25) is 0 Å². The molecule has 1 amide bonds. The Morgan fingerprint density at radius 3 is 2.68 bits per heavy atom. The largest absolute Gasteiger partial charge is 0.367 e. The predicted octanol–water partition coefficient (Wildman–Crippen LogP) is 6.57. The minimum absolute atomic E-state index is 0.224. The summed E-state index contributed by atoms with van der Waals surface area (Å²) in [7, 11) is 0. The fourth-order valence-corrected chi connectivity index (χ4v) is 5.31. The third-order valence-corrected chi connectivity index (χ3v) is 7.06. The number of nitrogens with one attached hydrogen (secondary N) is 2. The van der Waals surface area contributed by atoms with Crippen molar-refractivity contribution in [2.75, 3.05) is 10.6 Å². The van der Waals surface area contributed by atoms with E-state index >= 15 is 0 Å². The summed E-state index contributed by atoms with van der Waals surface area (Å²) in [6.45, 7) is 2.07. The van der Waals surface area contributed by atoms with Crippen molar-refractivity contribution < 1.29 is 4.79 Å². The molecular weight excluding hydrogens is 442 g/mol. The number of carbonyl (C=O) groups excluding carboxylic acids is 1. The maximum absolute atomic E-state index is 12.7. The van der Waals surface area contributed by atoms with Gasteiger partial charge in [-0.3, -0.25) is 15.1 Å². The highest BCUT2D eigenvalue weighted by Gasteiger charge is 2.19. The number of aryl methyl sites for hydroxylation is 1. The first-order chi connectivity index (χ1) is 16.7. The fourth-order valence-electron chi connectivity index (χ4n) is 4.33. The number of thiazole rings is 1. The number of hydrogen-bond donors (Lipinski definition) is 2. The van der Waals surface area contributed by atoms with E-state index in [0.717, 1.165) is 33.1 Å². The van der Waals surface area contributed by atoms with E-state index in [0.29, 0.717) is 16.7 Å². The molecule has 0 radical (unpaired) electrons. The van der Waals surface area contributed by atoms with Crippen LogP contribution in [0, 0.1) is 6.92 Å². The van der Waals surface area contributed by atoms with E-state index in [2.05, 4.69) is 51.8 Å². The van der Waals surface area contributed by atoms with Crippen molar-refractivity contribution in [2.45, 2.75) is 45.1 Å². The fraction of sp³-hybridized carbons (Fsp3) is 0.259. The molecule has 4 aromatic rings. The van der Waals surface area contributed by atoms with Gasteiger partial charge in [0, 0.05) is 30.2 Å². The second-order valence-electron chi connectivity index (χ2n) is 8.67.